The molecule has 100 valence electrons. The number of hydrogen-bond acceptors (Lipinski definition) is 2. The Hall–Kier alpha value is -1.39. The van der Waals surface area contributed by atoms with Crippen LogP contribution >= 0.6 is 15.9 Å². The molecule has 0 spiro atoms. The van der Waals surface area contributed by atoms with Crippen LogP contribution in [0.5, 0.6) is 11.5 Å². The second-order valence-corrected chi connectivity index (χ2v) is 5.36. The molecule has 0 heterocycles. The van der Waals surface area contributed by atoms with Crippen LogP contribution in [0.15, 0.2) is 46.9 Å². The molecule has 0 aromatic heterocycles. The molecular weight excluding hydrogens is 309 g/mol. The molecule has 0 aliphatic carbocycles. The van der Waals surface area contributed by atoms with E-state index in [0.717, 1.165) is 16.5 Å². The lowest BCUT2D eigenvalue weighted by Crippen LogP contribution is -2.17. The molecule has 0 radical (unpaired) electrons. The Morgan fingerprint density at radius 2 is 1.89 bits per heavy atom. The molecule has 4 heteroatoms. The Balaban J connectivity index is 2.15. The fourth-order valence-electron chi connectivity index (χ4n) is 1.76. The summed E-state index contributed by atoms with van der Waals surface area (Å²) in [5.41, 5.74) is 6.91. The molecule has 1 unspecified atom stereocenters. The van der Waals surface area contributed by atoms with E-state index >= 15 is 0 Å². The monoisotopic (exact) mass is 323 g/mol. The first-order valence-electron chi connectivity index (χ1n) is 6.02. The zero-order valence-electron chi connectivity index (χ0n) is 10.6. The Labute approximate surface area is 120 Å². The molecular formula is C15H15BrFNO. The van der Waals surface area contributed by atoms with E-state index in [0.29, 0.717) is 11.5 Å². The normalized spacial score (nSPS) is 12.2. The zero-order valence-corrected chi connectivity index (χ0v) is 12.2. The lowest BCUT2D eigenvalue weighted by atomic mass is 10.1. The van der Waals surface area contributed by atoms with E-state index in [9.17, 15) is 4.39 Å². The van der Waals surface area contributed by atoms with Crippen LogP contribution in [0.4, 0.5) is 4.39 Å². The van der Waals surface area contributed by atoms with E-state index in [1.807, 2.05) is 25.1 Å². The standard InChI is InChI=1S/C15H15BrFNO/c1-10(18)8-11-2-7-15(14(16)9-11)19-13-5-3-12(17)4-6-13/h2-7,9-10H,8,18H2,1H3. The van der Waals surface area contributed by atoms with Crippen LogP contribution in [-0.4, -0.2) is 6.04 Å². The number of nitrogens with two attached hydrogens (primary N) is 1. The maximum Gasteiger partial charge on any atom is 0.141 e. The molecule has 0 bridgehead atoms. The van der Waals surface area contributed by atoms with Gasteiger partial charge in [-0.1, -0.05) is 6.07 Å². The number of ether oxygens (including phenoxy) is 1. The van der Waals surface area contributed by atoms with Gasteiger partial charge in [-0.05, 0) is 71.2 Å². The number of hydrogen-bond donors (Lipinski definition) is 1. The number of rotatable bonds is 4. The van der Waals surface area contributed by atoms with Crippen LogP contribution in [-0.2, 0) is 6.42 Å². The van der Waals surface area contributed by atoms with Crippen molar-refractivity contribution < 1.29 is 9.13 Å². The smallest absolute Gasteiger partial charge is 0.141 e. The van der Waals surface area contributed by atoms with E-state index in [2.05, 4.69) is 15.9 Å². The molecule has 0 saturated carbocycles. The highest BCUT2D eigenvalue weighted by Crippen LogP contribution is 2.30. The van der Waals surface area contributed by atoms with E-state index in [4.69, 9.17) is 10.5 Å². The summed E-state index contributed by atoms with van der Waals surface area (Å²) in [7, 11) is 0. The maximum absolute atomic E-state index is 12.8. The van der Waals surface area contributed by atoms with Gasteiger partial charge in [-0.3, -0.25) is 0 Å². The number of benzene rings is 2. The average molecular weight is 324 g/mol. The first kappa shape index (κ1) is 14.0. The molecule has 1 atom stereocenters. The van der Waals surface area contributed by atoms with E-state index in [1.54, 1.807) is 12.1 Å². The van der Waals surface area contributed by atoms with Crippen LogP contribution < -0.4 is 10.5 Å². The molecule has 2 aromatic carbocycles. The molecule has 0 aliphatic heterocycles. The maximum atomic E-state index is 12.8. The molecule has 2 rings (SSSR count). The third kappa shape index (κ3) is 4.04. The summed E-state index contributed by atoms with van der Waals surface area (Å²) < 4.78 is 19.3. The van der Waals surface area contributed by atoms with Gasteiger partial charge in [0.15, 0.2) is 0 Å². The highest BCUT2D eigenvalue weighted by molar-refractivity contribution is 9.10. The fourth-order valence-corrected chi connectivity index (χ4v) is 2.26. The van der Waals surface area contributed by atoms with Crippen LogP contribution in [0.25, 0.3) is 0 Å². The van der Waals surface area contributed by atoms with Crippen molar-refractivity contribution in [3.63, 3.8) is 0 Å². The number of halogens is 2. The van der Waals surface area contributed by atoms with Crippen molar-refractivity contribution in [3.05, 3.63) is 58.3 Å². The van der Waals surface area contributed by atoms with Crippen LogP contribution in [0.2, 0.25) is 0 Å². The van der Waals surface area contributed by atoms with Crippen molar-refractivity contribution in [3.8, 4) is 11.5 Å². The van der Waals surface area contributed by atoms with E-state index in [1.165, 1.54) is 12.1 Å². The predicted octanol–water partition coefficient (Wildman–Crippen LogP) is 4.27. The van der Waals surface area contributed by atoms with Crippen LogP contribution in [0, 0.1) is 5.82 Å². The zero-order chi connectivity index (χ0) is 13.8. The molecule has 2 N–H and O–H groups in total. The Morgan fingerprint density at radius 3 is 2.47 bits per heavy atom. The second-order valence-electron chi connectivity index (χ2n) is 4.50. The average Bonchev–Trinajstić information content (AvgIpc) is 2.34. The van der Waals surface area contributed by atoms with Gasteiger partial charge < -0.3 is 10.5 Å². The first-order valence-corrected chi connectivity index (χ1v) is 6.81. The molecule has 0 saturated heterocycles. The summed E-state index contributed by atoms with van der Waals surface area (Å²) in [5, 5.41) is 0. The van der Waals surface area contributed by atoms with Gasteiger partial charge in [-0.25, -0.2) is 4.39 Å². The van der Waals surface area contributed by atoms with Crippen molar-refractivity contribution in [2.45, 2.75) is 19.4 Å². The lowest BCUT2D eigenvalue weighted by Gasteiger charge is -2.10. The van der Waals surface area contributed by atoms with Gasteiger partial charge in [0.25, 0.3) is 0 Å². The third-order valence-corrected chi connectivity index (χ3v) is 3.22. The largest absolute Gasteiger partial charge is 0.456 e. The molecule has 2 nitrogen and oxygen atoms in total. The fraction of sp³-hybridized carbons (Fsp3) is 0.200. The van der Waals surface area contributed by atoms with Gasteiger partial charge >= 0.3 is 0 Å². The summed E-state index contributed by atoms with van der Waals surface area (Å²) in [5.74, 6) is 1.01. The first-order chi connectivity index (χ1) is 9.04. The minimum absolute atomic E-state index is 0.121. The summed E-state index contributed by atoms with van der Waals surface area (Å²) in [4.78, 5) is 0. The molecule has 2 aromatic rings. The quantitative estimate of drug-likeness (QED) is 0.911. The lowest BCUT2D eigenvalue weighted by molar-refractivity contribution is 0.477. The minimum atomic E-state index is -0.279. The van der Waals surface area contributed by atoms with Gasteiger partial charge in [0.1, 0.15) is 17.3 Å². The Bertz CT molecular complexity index is 555. The van der Waals surface area contributed by atoms with Gasteiger partial charge in [-0.15, -0.1) is 0 Å². The van der Waals surface area contributed by atoms with Crippen molar-refractivity contribution in [2.75, 3.05) is 0 Å². The van der Waals surface area contributed by atoms with E-state index in [-0.39, 0.29) is 11.9 Å². The summed E-state index contributed by atoms with van der Waals surface area (Å²) in [6, 6.07) is 11.9. The molecule has 0 amide bonds. The van der Waals surface area contributed by atoms with Gasteiger partial charge in [0.2, 0.25) is 0 Å². The van der Waals surface area contributed by atoms with Crippen molar-refractivity contribution >= 4 is 15.9 Å². The van der Waals surface area contributed by atoms with Crippen LogP contribution in [0.1, 0.15) is 12.5 Å². The molecule has 0 fully saturated rings. The Morgan fingerprint density at radius 1 is 1.21 bits per heavy atom. The van der Waals surface area contributed by atoms with Crippen molar-refractivity contribution in [1.29, 1.82) is 0 Å². The predicted molar refractivity (Wildman–Crippen MR) is 78.0 cm³/mol. The second kappa shape index (κ2) is 6.17. The summed E-state index contributed by atoms with van der Waals surface area (Å²) >= 11 is 3.47. The van der Waals surface area contributed by atoms with Crippen molar-refractivity contribution in [2.24, 2.45) is 5.73 Å². The third-order valence-electron chi connectivity index (χ3n) is 2.60. The van der Waals surface area contributed by atoms with Gasteiger partial charge in [0.05, 0.1) is 4.47 Å². The van der Waals surface area contributed by atoms with Crippen molar-refractivity contribution in [1.82, 2.24) is 0 Å². The Kier molecular flexibility index (Phi) is 4.56. The molecule has 0 aliphatic rings. The summed E-state index contributed by atoms with van der Waals surface area (Å²) in [6.07, 6.45) is 0.815. The minimum Gasteiger partial charge on any atom is -0.456 e. The summed E-state index contributed by atoms with van der Waals surface area (Å²) in [6.45, 7) is 1.97. The van der Waals surface area contributed by atoms with Crippen LogP contribution in [0.3, 0.4) is 0 Å². The SMILES string of the molecule is CC(N)Cc1ccc(Oc2ccc(F)cc2)c(Br)c1. The van der Waals surface area contributed by atoms with E-state index < -0.39 is 0 Å². The molecule has 19 heavy (non-hydrogen) atoms. The highest BCUT2D eigenvalue weighted by atomic mass is 79.9. The highest BCUT2D eigenvalue weighted by Gasteiger charge is 2.06. The van der Waals surface area contributed by atoms with Gasteiger partial charge in [-0.2, -0.15) is 0 Å². The van der Waals surface area contributed by atoms with Gasteiger partial charge in [0, 0.05) is 6.04 Å². The topological polar surface area (TPSA) is 35.2 Å².